The summed E-state index contributed by atoms with van der Waals surface area (Å²) in [7, 11) is 0. The third-order valence-electron chi connectivity index (χ3n) is 3.40. The monoisotopic (exact) mass is 257 g/mol. The first-order valence-electron chi connectivity index (χ1n) is 6.18. The molecule has 1 unspecified atom stereocenters. The summed E-state index contributed by atoms with van der Waals surface area (Å²) >= 11 is 1.65. The maximum Gasteiger partial charge on any atom is 0.155 e. The second kappa shape index (κ2) is 5.04. The van der Waals surface area contributed by atoms with Crippen molar-refractivity contribution in [2.45, 2.75) is 25.4 Å². The van der Waals surface area contributed by atoms with Crippen LogP contribution in [0.3, 0.4) is 0 Å². The van der Waals surface area contributed by atoms with Crippen LogP contribution in [-0.2, 0) is 24.2 Å². The summed E-state index contributed by atoms with van der Waals surface area (Å²) in [6, 6.07) is 12.3. The molecule has 3 rings (SSSR count). The van der Waals surface area contributed by atoms with Crippen LogP contribution in [0.15, 0.2) is 41.8 Å². The van der Waals surface area contributed by atoms with E-state index in [-0.39, 0.29) is 6.04 Å². The quantitative estimate of drug-likeness (QED) is 0.915. The first-order valence-corrected chi connectivity index (χ1v) is 7.06. The zero-order valence-electron chi connectivity index (χ0n) is 10.1. The van der Waals surface area contributed by atoms with Crippen LogP contribution in [-0.4, -0.2) is 11.8 Å². The molecule has 0 amide bonds. The molecule has 2 heterocycles. The number of ketones is 1. The largest absolute Gasteiger partial charge is 0.303 e. The number of nitrogens with one attached hydrogen (secondary N) is 1. The van der Waals surface area contributed by atoms with Crippen LogP contribution < -0.4 is 5.32 Å². The molecule has 2 aromatic rings. The Kier molecular flexibility index (Phi) is 3.26. The van der Waals surface area contributed by atoms with E-state index in [1.165, 1.54) is 11.1 Å². The fourth-order valence-electron chi connectivity index (χ4n) is 2.39. The highest BCUT2D eigenvalue weighted by atomic mass is 32.1. The van der Waals surface area contributed by atoms with Gasteiger partial charge in [0.15, 0.2) is 5.78 Å². The normalized spacial score (nSPS) is 18.3. The lowest BCUT2D eigenvalue weighted by Crippen LogP contribution is -2.42. The predicted octanol–water partition coefficient (Wildman–Crippen LogP) is 2.57. The van der Waals surface area contributed by atoms with E-state index in [9.17, 15) is 4.79 Å². The Balaban J connectivity index is 1.70. The van der Waals surface area contributed by atoms with Crippen molar-refractivity contribution in [2.75, 3.05) is 0 Å². The standard InChI is InChI=1S/C15H15NOS/c17-15(9-13-6-3-7-18-13)14-8-11-4-1-2-5-12(11)10-16-14/h1-7,14,16H,8-10H2. The minimum Gasteiger partial charge on any atom is -0.303 e. The number of rotatable bonds is 3. The van der Waals surface area contributed by atoms with E-state index in [4.69, 9.17) is 0 Å². The van der Waals surface area contributed by atoms with Gasteiger partial charge in [-0.25, -0.2) is 0 Å². The number of benzene rings is 1. The average Bonchev–Trinajstić information content (AvgIpc) is 2.91. The number of hydrogen-bond acceptors (Lipinski definition) is 3. The minimum absolute atomic E-state index is 0.0259. The molecule has 1 aliphatic heterocycles. The molecule has 0 radical (unpaired) electrons. The van der Waals surface area contributed by atoms with Gasteiger partial charge < -0.3 is 5.32 Å². The summed E-state index contributed by atoms with van der Waals surface area (Å²) in [6.07, 6.45) is 1.37. The fraction of sp³-hybridized carbons (Fsp3) is 0.267. The van der Waals surface area contributed by atoms with Gasteiger partial charge in [-0.2, -0.15) is 0 Å². The molecule has 1 aromatic carbocycles. The smallest absolute Gasteiger partial charge is 0.155 e. The highest BCUT2D eigenvalue weighted by Gasteiger charge is 2.23. The molecule has 1 aromatic heterocycles. The van der Waals surface area contributed by atoms with Crippen LogP contribution in [0, 0.1) is 0 Å². The zero-order chi connectivity index (χ0) is 12.4. The maximum atomic E-state index is 12.2. The van der Waals surface area contributed by atoms with Crippen LogP contribution in [0.2, 0.25) is 0 Å². The van der Waals surface area contributed by atoms with Crippen molar-refractivity contribution >= 4 is 17.1 Å². The average molecular weight is 257 g/mol. The first-order chi connectivity index (χ1) is 8.83. The summed E-state index contributed by atoms with van der Waals surface area (Å²) in [5.74, 6) is 0.298. The Morgan fingerprint density at radius 1 is 1.22 bits per heavy atom. The molecule has 0 spiro atoms. The van der Waals surface area contributed by atoms with Crippen LogP contribution in [0.5, 0.6) is 0 Å². The molecular weight excluding hydrogens is 242 g/mol. The molecule has 0 saturated carbocycles. The van der Waals surface area contributed by atoms with Gasteiger partial charge in [0.2, 0.25) is 0 Å². The van der Waals surface area contributed by atoms with E-state index in [0.717, 1.165) is 17.8 Å². The van der Waals surface area contributed by atoms with E-state index >= 15 is 0 Å². The fourth-order valence-corrected chi connectivity index (χ4v) is 3.10. The predicted molar refractivity (Wildman–Crippen MR) is 73.8 cm³/mol. The maximum absolute atomic E-state index is 12.2. The summed E-state index contributed by atoms with van der Waals surface area (Å²) in [5.41, 5.74) is 2.62. The van der Waals surface area contributed by atoms with Gasteiger partial charge in [-0.15, -0.1) is 11.3 Å². The molecular formula is C15H15NOS. The van der Waals surface area contributed by atoms with Gasteiger partial charge in [-0.3, -0.25) is 4.79 Å². The molecule has 1 N–H and O–H groups in total. The van der Waals surface area contributed by atoms with Crippen molar-refractivity contribution in [3.05, 3.63) is 57.8 Å². The van der Waals surface area contributed by atoms with Gasteiger partial charge in [0, 0.05) is 17.8 Å². The number of Topliss-reactive ketones (excluding diaryl/α,β-unsaturated/α-hetero) is 1. The van der Waals surface area contributed by atoms with Crippen LogP contribution in [0.4, 0.5) is 0 Å². The lowest BCUT2D eigenvalue weighted by Gasteiger charge is -2.25. The SMILES string of the molecule is O=C(Cc1cccs1)C1Cc2ccccc2CN1. The number of carbonyl (C=O) groups is 1. The van der Waals surface area contributed by atoms with Crippen molar-refractivity contribution in [3.8, 4) is 0 Å². The van der Waals surface area contributed by atoms with Crippen molar-refractivity contribution in [1.29, 1.82) is 0 Å². The molecule has 0 aliphatic carbocycles. The third-order valence-corrected chi connectivity index (χ3v) is 4.27. The van der Waals surface area contributed by atoms with Gasteiger partial charge in [0.05, 0.1) is 6.04 Å². The number of carbonyl (C=O) groups excluding carboxylic acids is 1. The van der Waals surface area contributed by atoms with E-state index in [1.54, 1.807) is 11.3 Å². The van der Waals surface area contributed by atoms with E-state index in [1.807, 2.05) is 29.6 Å². The topological polar surface area (TPSA) is 29.1 Å². The van der Waals surface area contributed by atoms with Crippen LogP contribution in [0.25, 0.3) is 0 Å². The molecule has 3 heteroatoms. The summed E-state index contributed by atoms with van der Waals surface area (Å²) in [5, 5.41) is 5.36. The molecule has 1 atom stereocenters. The lowest BCUT2D eigenvalue weighted by molar-refractivity contribution is -0.120. The van der Waals surface area contributed by atoms with E-state index in [0.29, 0.717) is 12.2 Å². The number of thiophene rings is 1. The summed E-state index contributed by atoms with van der Waals surface area (Å²) < 4.78 is 0. The molecule has 0 bridgehead atoms. The summed E-state index contributed by atoms with van der Waals surface area (Å²) in [4.78, 5) is 13.4. The Labute approximate surface area is 111 Å². The minimum atomic E-state index is -0.0259. The second-order valence-corrected chi connectivity index (χ2v) is 5.66. The molecule has 0 saturated heterocycles. The third kappa shape index (κ3) is 2.37. The van der Waals surface area contributed by atoms with Gasteiger partial charge >= 0.3 is 0 Å². The van der Waals surface area contributed by atoms with Crippen LogP contribution in [0.1, 0.15) is 16.0 Å². The van der Waals surface area contributed by atoms with Gasteiger partial charge in [0.25, 0.3) is 0 Å². The lowest BCUT2D eigenvalue weighted by atomic mass is 9.92. The van der Waals surface area contributed by atoms with Crippen molar-refractivity contribution in [3.63, 3.8) is 0 Å². The molecule has 92 valence electrons. The zero-order valence-corrected chi connectivity index (χ0v) is 10.9. The van der Waals surface area contributed by atoms with E-state index in [2.05, 4.69) is 17.4 Å². The highest BCUT2D eigenvalue weighted by Crippen LogP contribution is 2.18. The first kappa shape index (κ1) is 11.6. The molecule has 0 fully saturated rings. The summed E-state index contributed by atoms with van der Waals surface area (Å²) in [6.45, 7) is 0.803. The molecule has 18 heavy (non-hydrogen) atoms. The Hall–Kier alpha value is -1.45. The molecule has 2 nitrogen and oxygen atoms in total. The van der Waals surface area contributed by atoms with Gasteiger partial charge in [0.1, 0.15) is 0 Å². The van der Waals surface area contributed by atoms with Crippen molar-refractivity contribution in [2.24, 2.45) is 0 Å². The Morgan fingerprint density at radius 3 is 2.83 bits per heavy atom. The van der Waals surface area contributed by atoms with Gasteiger partial charge in [-0.05, 0) is 29.0 Å². The van der Waals surface area contributed by atoms with Crippen molar-refractivity contribution < 1.29 is 4.79 Å². The van der Waals surface area contributed by atoms with Crippen molar-refractivity contribution in [1.82, 2.24) is 5.32 Å². The van der Waals surface area contributed by atoms with Gasteiger partial charge in [-0.1, -0.05) is 30.3 Å². The van der Waals surface area contributed by atoms with E-state index < -0.39 is 0 Å². The second-order valence-electron chi connectivity index (χ2n) is 4.63. The van der Waals surface area contributed by atoms with Crippen LogP contribution >= 0.6 is 11.3 Å². The molecule has 1 aliphatic rings. The Bertz CT molecular complexity index is 547. The highest BCUT2D eigenvalue weighted by molar-refractivity contribution is 7.10. The number of fused-ring (bicyclic) bond motifs is 1. The Morgan fingerprint density at radius 2 is 2.06 bits per heavy atom. The number of hydrogen-bond donors (Lipinski definition) is 1.